The molecule has 1 atom stereocenters. The fourth-order valence-corrected chi connectivity index (χ4v) is 1.79. The summed E-state index contributed by atoms with van der Waals surface area (Å²) in [6.07, 6.45) is 3.99. The summed E-state index contributed by atoms with van der Waals surface area (Å²) in [6.45, 7) is 3.56. The molecule has 0 radical (unpaired) electrons. The van der Waals surface area contributed by atoms with Crippen molar-refractivity contribution in [2.24, 2.45) is 0 Å². The maximum atomic E-state index is 2.32. The first kappa shape index (κ1) is 13.9. The van der Waals surface area contributed by atoms with Gasteiger partial charge >= 0.3 is 0 Å². The minimum Gasteiger partial charge on any atom is -0.331 e. The van der Waals surface area contributed by atoms with Crippen LogP contribution >= 0.6 is 0 Å². The zero-order chi connectivity index (χ0) is 11.4. The van der Waals surface area contributed by atoms with Crippen molar-refractivity contribution >= 4 is 0 Å². The van der Waals surface area contributed by atoms with E-state index in [9.17, 15) is 0 Å². The monoisotopic (exact) mass is 202 g/mol. The molecule has 0 spiro atoms. The van der Waals surface area contributed by atoms with Crippen LogP contribution in [-0.4, -0.2) is 63.8 Å². The highest BCUT2D eigenvalue weighted by Crippen LogP contribution is 2.15. The van der Waals surface area contributed by atoms with Gasteiger partial charge in [0.25, 0.3) is 0 Å². The van der Waals surface area contributed by atoms with Gasteiger partial charge in [-0.1, -0.05) is 13.3 Å². The summed E-state index contributed by atoms with van der Waals surface area (Å²) >= 11 is 0. The van der Waals surface area contributed by atoms with E-state index in [-0.39, 0.29) is 0 Å². The SMILES string of the molecule is CCCC(CC[N+](C)(C)C)[N+](C)(C)C. The molecule has 14 heavy (non-hydrogen) atoms. The van der Waals surface area contributed by atoms with Gasteiger partial charge in [0.1, 0.15) is 0 Å². The second kappa shape index (κ2) is 5.13. The number of nitrogens with zero attached hydrogens (tertiary/aromatic N) is 2. The fraction of sp³-hybridized carbons (Fsp3) is 1.00. The van der Waals surface area contributed by atoms with E-state index in [1.807, 2.05) is 0 Å². The third kappa shape index (κ3) is 6.39. The molecular weight excluding hydrogens is 172 g/mol. The molecule has 0 amide bonds. The Labute approximate surface area is 90.7 Å². The molecule has 0 aromatic carbocycles. The van der Waals surface area contributed by atoms with E-state index >= 15 is 0 Å². The van der Waals surface area contributed by atoms with Crippen molar-refractivity contribution < 1.29 is 8.97 Å². The Balaban J connectivity index is 4.12. The van der Waals surface area contributed by atoms with E-state index in [4.69, 9.17) is 0 Å². The third-order valence-corrected chi connectivity index (χ3v) is 2.85. The predicted molar refractivity (Wildman–Crippen MR) is 64.2 cm³/mol. The quantitative estimate of drug-likeness (QED) is 0.578. The molecule has 2 nitrogen and oxygen atoms in total. The zero-order valence-electron chi connectivity index (χ0n) is 11.3. The lowest BCUT2D eigenvalue weighted by Gasteiger charge is -2.36. The van der Waals surface area contributed by atoms with Crippen LogP contribution in [0.1, 0.15) is 26.2 Å². The summed E-state index contributed by atoms with van der Waals surface area (Å²) in [6, 6.07) is 0.817. The molecule has 0 aromatic rings. The van der Waals surface area contributed by atoms with Gasteiger partial charge in [0, 0.05) is 6.42 Å². The van der Waals surface area contributed by atoms with Crippen LogP contribution in [-0.2, 0) is 0 Å². The highest BCUT2D eigenvalue weighted by atomic mass is 15.3. The lowest BCUT2D eigenvalue weighted by Crippen LogP contribution is -2.48. The van der Waals surface area contributed by atoms with E-state index in [2.05, 4.69) is 49.2 Å². The number of hydrogen-bond acceptors (Lipinski definition) is 0. The Morgan fingerprint density at radius 3 is 1.64 bits per heavy atom. The maximum absolute atomic E-state index is 2.32. The van der Waals surface area contributed by atoms with Crippen LogP contribution in [0.15, 0.2) is 0 Å². The van der Waals surface area contributed by atoms with Crippen LogP contribution in [0.3, 0.4) is 0 Å². The van der Waals surface area contributed by atoms with Gasteiger partial charge in [0.2, 0.25) is 0 Å². The van der Waals surface area contributed by atoms with Gasteiger partial charge in [-0.15, -0.1) is 0 Å². The Hall–Kier alpha value is -0.0800. The molecule has 0 N–H and O–H groups in total. The first-order chi connectivity index (χ1) is 6.17. The van der Waals surface area contributed by atoms with Gasteiger partial charge < -0.3 is 8.97 Å². The minimum absolute atomic E-state index is 0.817. The molecule has 0 aliphatic carbocycles. The molecule has 0 fully saturated rings. The number of quaternary nitrogens is 2. The van der Waals surface area contributed by atoms with Gasteiger partial charge in [-0.25, -0.2) is 0 Å². The third-order valence-electron chi connectivity index (χ3n) is 2.85. The van der Waals surface area contributed by atoms with Gasteiger partial charge in [0.15, 0.2) is 0 Å². The summed E-state index contributed by atoms with van der Waals surface area (Å²) in [4.78, 5) is 0. The molecule has 0 bridgehead atoms. The van der Waals surface area contributed by atoms with E-state index in [1.54, 1.807) is 0 Å². The topological polar surface area (TPSA) is 0 Å². The summed E-state index contributed by atoms with van der Waals surface area (Å²) < 4.78 is 2.19. The highest BCUT2D eigenvalue weighted by Gasteiger charge is 2.24. The van der Waals surface area contributed by atoms with Crippen LogP contribution in [0, 0.1) is 0 Å². The van der Waals surface area contributed by atoms with Crippen LogP contribution in [0.5, 0.6) is 0 Å². The van der Waals surface area contributed by atoms with Crippen molar-refractivity contribution in [1.82, 2.24) is 0 Å². The highest BCUT2D eigenvalue weighted by molar-refractivity contribution is 4.56. The standard InChI is InChI=1S/C12H30N2/c1-8-9-12(14(5,6)7)10-11-13(2,3)4/h12H,8-11H2,1-7H3/q+2. The molecule has 0 heterocycles. The smallest absolute Gasteiger partial charge is 0.0938 e. The number of rotatable bonds is 6. The van der Waals surface area contributed by atoms with Crippen LogP contribution in [0.2, 0.25) is 0 Å². The van der Waals surface area contributed by atoms with Crippen LogP contribution < -0.4 is 0 Å². The van der Waals surface area contributed by atoms with Crippen molar-refractivity contribution in [3.05, 3.63) is 0 Å². The molecule has 2 heteroatoms. The van der Waals surface area contributed by atoms with Crippen LogP contribution in [0.4, 0.5) is 0 Å². The molecule has 1 unspecified atom stereocenters. The molecular formula is C12H30N2+2. The average molecular weight is 202 g/mol. The molecule has 0 aromatic heterocycles. The normalized spacial score (nSPS) is 15.6. The maximum Gasteiger partial charge on any atom is 0.0938 e. The Morgan fingerprint density at radius 1 is 0.857 bits per heavy atom. The minimum atomic E-state index is 0.817. The first-order valence-electron chi connectivity index (χ1n) is 5.78. The van der Waals surface area contributed by atoms with Crippen molar-refractivity contribution in [2.45, 2.75) is 32.2 Å². The second-order valence-electron chi connectivity index (χ2n) is 6.36. The molecule has 0 rings (SSSR count). The molecule has 0 aliphatic heterocycles. The van der Waals surface area contributed by atoms with Crippen molar-refractivity contribution in [1.29, 1.82) is 0 Å². The predicted octanol–water partition coefficient (Wildman–Crippen LogP) is 1.96. The molecule has 0 aliphatic rings. The zero-order valence-corrected chi connectivity index (χ0v) is 11.3. The molecule has 0 saturated heterocycles. The van der Waals surface area contributed by atoms with Crippen LogP contribution in [0.25, 0.3) is 0 Å². The second-order valence-corrected chi connectivity index (χ2v) is 6.36. The average Bonchev–Trinajstić information content (AvgIpc) is 1.93. The van der Waals surface area contributed by atoms with Gasteiger partial charge in [-0.2, -0.15) is 0 Å². The molecule has 0 saturated carbocycles. The van der Waals surface area contributed by atoms with E-state index < -0.39 is 0 Å². The van der Waals surface area contributed by atoms with Gasteiger partial charge in [0.05, 0.1) is 54.9 Å². The lowest BCUT2D eigenvalue weighted by atomic mass is 10.1. The Morgan fingerprint density at radius 2 is 1.36 bits per heavy atom. The Bertz CT molecular complexity index is 151. The van der Waals surface area contributed by atoms with Gasteiger partial charge in [-0.3, -0.25) is 0 Å². The largest absolute Gasteiger partial charge is 0.331 e. The number of hydrogen-bond donors (Lipinski definition) is 0. The summed E-state index contributed by atoms with van der Waals surface area (Å²) in [5.74, 6) is 0. The Kier molecular flexibility index (Phi) is 5.10. The van der Waals surface area contributed by atoms with E-state index in [0.717, 1.165) is 15.0 Å². The molecule has 86 valence electrons. The van der Waals surface area contributed by atoms with E-state index in [1.165, 1.54) is 25.8 Å². The summed E-state index contributed by atoms with van der Waals surface area (Å²) in [7, 11) is 13.8. The van der Waals surface area contributed by atoms with E-state index in [0.29, 0.717) is 0 Å². The van der Waals surface area contributed by atoms with Crippen molar-refractivity contribution in [3.8, 4) is 0 Å². The first-order valence-corrected chi connectivity index (χ1v) is 5.78. The van der Waals surface area contributed by atoms with Gasteiger partial charge in [-0.05, 0) is 6.42 Å². The van der Waals surface area contributed by atoms with Crippen molar-refractivity contribution in [3.63, 3.8) is 0 Å². The fourth-order valence-electron chi connectivity index (χ4n) is 1.79. The van der Waals surface area contributed by atoms with Crippen molar-refractivity contribution in [2.75, 3.05) is 48.8 Å². The summed E-state index contributed by atoms with van der Waals surface area (Å²) in [5, 5.41) is 0. The summed E-state index contributed by atoms with van der Waals surface area (Å²) in [5.41, 5.74) is 0. The lowest BCUT2D eigenvalue weighted by molar-refractivity contribution is -0.908.